The van der Waals surface area contributed by atoms with E-state index in [4.69, 9.17) is 4.74 Å². The van der Waals surface area contributed by atoms with Gasteiger partial charge in [-0.15, -0.1) is 0 Å². The molecule has 1 unspecified atom stereocenters. The van der Waals surface area contributed by atoms with Gasteiger partial charge in [0.15, 0.2) is 0 Å². The Labute approximate surface area is 116 Å². The van der Waals surface area contributed by atoms with Gasteiger partial charge < -0.3 is 9.84 Å². The SMILES string of the molecule is Cc1cccc(C)c1CC1(O)CC(C)(C)OC1(C)C. The largest absolute Gasteiger partial charge is 0.386 e. The van der Waals surface area contributed by atoms with Crippen molar-refractivity contribution >= 4 is 0 Å². The molecule has 1 aliphatic heterocycles. The first kappa shape index (κ1) is 14.5. The first-order valence-electron chi connectivity index (χ1n) is 7.04. The monoisotopic (exact) mass is 262 g/mol. The summed E-state index contributed by atoms with van der Waals surface area (Å²) in [5.74, 6) is 0. The summed E-state index contributed by atoms with van der Waals surface area (Å²) in [5.41, 5.74) is 2.13. The third-order valence-corrected chi connectivity index (χ3v) is 4.48. The fraction of sp³-hybridized carbons (Fsp3) is 0.647. The van der Waals surface area contributed by atoms with Crippen LogP contribution in [0.4, 0.5) is 0 Å². The lowest BCUT2D eigenvalue weighted by atomic mass is 9.76. The first-order chi connectivity index (χ1) is 8.56. The van der Waals surface area contributed by atoms with Crippen molar-refractivity contribution in [3.63, 3.8) is 0 Å². The Morgan fingerprint density at radius 1 is 1.11 bits per heavy atom. The van der Waals surface area contributed by atoms with Gasteiger partial charge in [0.25, 0.3) is 0 Å². The molecule has 0 radical (unpaired) electrons. The van der Waals surface area contributed by atoms with E-state index in [1.807, 2.05) is 13.8 Å². The standard InChI is InChI=1S/C17H26O2/c1-12-8-7-9-13(2)14(12)10-17(18)11-15(3,4)19-16(17,5)6/h7-9,18H,10-11H2,1-6H3. The average Bonchev–Trinajstić information content (AvgIpc) is 2.37. The molecule has 0 aliphatic carbocycles. The molecule has 1 aromatic carbocycles. The van der Waals surface area contributed by atoms with Crippen molar-refractivity contribution in [3.8, 4) is 0 Å². The average molecular weight is 262 g/mol. The summed E-state index contributed by atoms with van der Waals surface area (Å²) in [4.78, 5) is 0. The number of rotatable bonds is 2. The van der Waals surface area contributed by atoms with Crippen LogP contribution in [0.3, 0.4) is 0 Å². The highest BCUT2D eigenvalue weighted by molar-refractivity contribution is 5.35. The maximum Gasteiger partial charge on any atom is 0.0998 e. The summed E-state index contributed by atoms with van der Waals surface area (Å²) < 4.78 is 6.05. The Morgan fingerprint density at radius 2 is 1.63 bits per heavy atom. The highest BCUT2D eigenvalue weighted by atomic mass is 16.5. The van der Waals surface area contributed by atoms with E-state index in [1.165, 1.54) is 16.7 Å². The molecule has 19 heavy (non-hydrogen) atoms. The number of benzene rings is 1. The van der Waals surface area contributed by atoms with Gasteiger partial charge in [0, 0.05) is 12.8 Å². The minimum Gasteiger partial charge on any atom is -0.386 e. The number of aryl methyl sites for hydroxylation is 2. The number of hydrogen-bond acceptors (Lipinski definition) is 2. The van der Waals surface area contributed by atoms with Crippen molar-refractivity contribution < 1.29 is 9.84 Å². The molecule has 1 saturated heterocycles. The van der Waals surface area contributed by atoms with Crippen molar-refractivity contribution in [2.75, 3.05) is 0 Å². The second kappa shape index (κ2) is 4.32. The van der Waals surface area contributed by atoms with Gasteiger partial charge in [-0.2, -0.15) is 0 Å². The minimum absolute atomic E-state index is 0.269. The van der Waals surface area contributed by atoms with Crippen LogP contribution in [0.15, 0.2) is 18.2 Å². The van der Waals surface area contributed by atoms with Gasteiger partial charge in [-0.05, 0) is 58.2 Å². The van der Waals surface area contributed by atoms with Gasteiger partial charge in [-0.3, -0.25) is 0 Å². The summed E-state index contributed by atoms with van der Waals surface area (Å²) in [7, 11) is 0. The Morgan fingerprint density at radius 3 is 2.05 bits per heavy atom. The molecule has 0 aromatic heterocycles. The second-order valence-electron chi connectivity index (χ2n) is 7.13. The maximum absolute atomic E-state index is 11.1. The fourth-order valence-electron chi connectivity index (χ4n) is 3.43. The zero-order chi connectivity index (χ0) is 14.5. The summed E-state index contributed by atoms with van der Waals surface area (Å²) >= 11 is 0. The summed E-state index contributed by atoms with van der Waals surface area (Å²) in [6.45, 7) is 12.3. The molecule has 1 aliphatic rings. The summed E-state index contributed by atoms with van der Waals surface area (Å²) in [5, 5.41) is 11.1. The van der Waals surface area contributed by atoms with E-state index in [0.29, 0.717) is 12.8 Å². The van der Waals surface area contributed by atoms with Crippen LogP contribution in [-0.2, 0) is 11.2 Å². The zero-order valence-electron chi connectivity index (χ0n) is 13.0. The van der Waals surface area contributed by atoms with Gasteiger partial charge in [-0.25, -0.2) is 0 Å². The Bertz CT molecular complexity index is 468. The molecule has 0 bridgehead atoms. The molecule has 0 saturated carbocycles. The molecule has 0 spiro atoms. The molecular formula is C17H26O2. The molecule has 106 valence electrons. The van der Waals surface area contributed by atoms with Gasteiger partial charge in [-0.1, -0.05) is 18.2 Å². The smallest absolute Gasteiger partial charge is 0.0998 e. The van der Waals surface area contributed by atoms with Gasteiger partial charge in [0.1, 0.15) is 0 Å². The van der Waals surface area contributed by atoms with Crippen molar-refractivity contribution in [2.45, 2.75) is 71.2 Å². The van der Waals surface area contributed by atoms with Gasteiger partial charge >= 0.3 is 0 Å². The van der Waals surface area contributed by atoms with Crippen molar-refractivity contribution in [1.29, 1.82) is 0 Å². The number of aliphatic hydroxyl groups is 1. The Balaban J connectivity index is 2.37. The number of hydrogen-bond donors (Lipinski definition) is 1. The van der Waals surface area contributed by atoms with Crippen LogP contribution >= 0.6 is 0 Å². The molecule has 1 fully saturated rings. The normalized spacial score (nSPS) is 28.6. The van der Waals surface area contributed by atoms with E-state index in [1.54, 1.807) is 0 Å². The van der Waals surface area contributed by atoms with Crippen LogP contribution in [0.5, 0.6) is 0 Å². The molecule has 1 aromatic rings. The fourth-order valence-corrected chi connectivity index (χ4v) is 3.43. The Hall–Kier alpha value is -0.860. The molecule has 1 N–H and O–H groups in total. The molecule has 2 rings (SSSR count). The van der Waals surface area contributed by atoms with Crippen molar-refractivity contribution in [2.24, 2.45) is 0 Å². The lowest BCUT2D eigenvalue weighted by molar-refractivity contribution is -0.125. The molecule has 1 atom stereocenters. The third-order valence-electron chi connectivity index (χ3n) is 4.48. The van der Waals surface area contributed by atoms with E-state index in [0.717, 1.165) is 0 Å². The van der Waals surface area contributed by atoms with Crippen molar-refractivity contribution in [3.05, 3.63) is 34.9 Å². The lowest BCUT2D eigenvalue weighted by Gasteiger charge is -2.36. The maximum atomic E-state index is 11.1. The third kappa shape index (κ3) is 2.56. The van der Waals surface area contributed by atoms with E-state index >= 15 is 0 Å². The van der Waals surface area contributed by atoms with Crippen LogP contribution in [-0.4, -0.2) is 21.9 Å². The van der Waals surface area contributed by atoms with Gasteiger partial charge in [0.2, 0.25) is 0 Å². The number of ether oxygens (including phenoxy) is 1. The summed E-state index contributed by atoms with van der Waals surface area (Å²) in [6, 6.07) is 6.29. The van der Waals surface area contributed by atoms with E-state index in [9.17, 15) is 5.11 Å². The molecule has 2 heteroatoms. The van der Waals surface area contributed by atoms with E-state index in [-0.39, 0.29) is 5.60 Å². The predicted octanol–water partition coefficient (Wildman–Crippen LogP) is 3.55. The topological polar surface area (TPSA) is 29.5 Å². The van der Waals surface area contributed by atoms with Crippen LogP contribution < -0.4 is 0 Å². The van der Waals surface area contributed by atoms with E-state index in [2.05, 4.69) is 45.9 Å². The molecule has 1 heterocycles. The molecule has 2 nitrogen and oxygen atoms in total. The highest BCUT2D eigenvalue weighted by Gasteiger charge is 2.56. The van der Waals surface area contributed by atoms with Crippen LogP contribution in [0.1, 0.15) is 50.8 Å². The van der Waals surface area contributed by atoms with Crippen LogP contribution in [0.25, 0.3) is 0 Å². The Kier molecular flexibility index (Phi) is 3.31. The lowest BCUT2D eigenvalue weighted by Crippen LogP contribution is -2.48. The zero-order valence-corrected chi connectivity index (χ0v) is 13.0. The van der Waals surface area contributed by atoms with Crippen molar-refractivity contribution in [1.82, 2.24) is 0 Å². The molecule has 0 amide bonds. The minimum atomic E-state index is -0.812. The molecular weight excluding hydrogens is 236 g/mol. The predicted molar refractivity (Wildman–Crippen MR) is 78.4 cm³/mol. The van der Waals surface area contributed by atoms with Crippen LogP contribution in [0.2, 0.25) is 0 Å². The van der Waals surface area contributed by atoms with Gasteiger partial charge in [0.05, 0.1) is 16.8 Å². The summed E-state index contributed by atoms with van der Waals surface area (Å²) in [6.07, 6.45) is 1.32. The quantitative estimate of drug-likeness (QED) is 0.883. The van der Waals surface area contributed by atoms with Crippen LogP contribution in [0, 0.1) is 13.8 Å². The second-order valence-corrected chi connectivity index (χ2v) is 7.13. The highest BCUT2D eigenvalue weighted by Crippen LogP contribution is 2.47. The first-order valence-corrected chi connectivity index (χ1v) is 7.04. The van der Waals surface area contributed by atoms with E-state index < -0.39 is 11.2 Å².